The molecule has 0 aromatic carbocycles. The molecule has 0 spiro atoms. The van der Waals surface area contributed by atoms with Crippen LogP contribution in [0, 0.1) is 0 Å². The second kappa shape index (κ2) is 4.11. The molecule has 14 heavy (non-hydrogen) atoms. The first-order valence-electron chi connectivity index (χ1n) is 4.58. The average Bonchev–Trinajstić information content (AvgIpc) is 2.80. The molecule has 2 heterocycles. The maximum Gasteiger partial charge on any atom is 0.156 e. The van der Waals surface area contributed by atoms with Crippen LogP contribution in [0.5, 0.6) is 0 Å². The molecule has 0 saturated heterocycles. The summed E-state index contributed by atoms with van der Waals surface area (Å²) in [6.07, 6.45) is 3.70. The Hall–Kier alpha value is -1.55. The van der Waals surface area contributed by atoms with E-state index in [1.807, 2.05) is 25.4 Å². The molecule has 0 amide bonds. The van der Waals surface area contributed by atoms with Crippen LogP contribution in [-0.4, -0.2) is 16.8 Å². The molecule has 2 aromatic heterocycles. The topological polar surface area (TPSA) is 43.0 Å². The van der Waals surface area contributed by atoms with Gasteiger partial charge in [-0.15, -0.1) is 0 Å². The van der Waals surface area contributed by atoms with Gasteiger partial charge in [-0.1, -0.05) is 5.16 Å². The maximum absolute atomic E-state index is 5.05. The molecular formula is C10H13N3O. The van der Waals surface area contributed by atoms with E-state index in [1.54, 1.807) is 6.20 Å². The van der Waals surface area contributed by atoms with Crippen LogP contribution < -0.4 is 5.32 Å². The van der Waals surface area contributed by atoms with Gasteiger partial charge in [0.25, 0.3) is 0 Å². The summed E-state index contributed by atoms with van der Waals surface area (Å²) in [6, 6.07) is 6.00. The first-order chi connectivity index (χ1) is 6.90. The van der Waals surface area contributed by atoms with E-state index in [0.29, 0.717) is 0 Å². The maximum atomic E-state index is 5.05. The number of hydrogen-bond acceptors (Lipinski definition) is 3. The van der Waals surface area contributed by atoms with Crippen molar-refractivity contribution in [1.29, 1.82) is 0 Å². The lowest BCUT2D eigenvalue weighted by molar-refractivity contribution is 0.375. The first-order valence-corrected chi connectivity index (χ1v) is 4.58. The van der Waals surface area contributed by atoms with Crippen LogP contribution in [0.2, 0.25) is 0 Å². The van der Waals surface area contributed by atoms with Crippen molar-refractivity contribution >= 4 is 0 Å². The number of aromatic nitrogens is 2. The van der Waals surface area contributed by atoms with Gasteiger partial charge in [-0.05, 0) is 19.2 Å². The molecule has 74 valence electrons. The molecule has 0 aliphatic rings. The Morgan fingerprint density at radius 1 is 1.50 bits per heavy atom. The highest BCUT2D eigenvalue weighted by molar-refractivity contribution is 5.09. The van der Waals surface area contributed by atoms with Crippen LogP contribution in [0.4, 0.5) is 0 Å². The van der Waals surface area contributed by atoms with Crippen LogP contribution in [0.15, 0.2) is 35.1 Å². The summed E-state index contributed by atoms with van der Waals surface area (Å²) in [5.74, 6) is 0.874. The summed E-state index contributed by atoms with van der Waals surface area (Å²) in [5.41, 5.74) is 1.24. The Morgan fingerprint density at radius 3 is 3.14 bits per heavy atom. The van der Waals surface area contributed by atoms with Crippen molar-refractivity contribution in [3.05, 3.63) is 42.0 Å². The van der Waals surface area contributed by atoms with Crippen LogP contribution in [0.1, 0.15) is 11.5 Å². The highest BCUT2D eigenvalue weighted by Crippen LogP contribution is 2.06. The Bertz CT molecular complexity index is 378. The fourth-order valence-electron chi connectivity index (χ4n) is 1.44. The van der Waals surface area contributed by atoms with Gasteiger partial charge in [-0.25, -0.2) is 0 Å². The molecule has 0 saturated carbocycles. The molecular weight excluding hydrogens is 178 g/mol. The summed E-state index contributed by atoms with van der Waals surface area (Å²) in [6.45, 7) is 1.60. The van der Waals surface area contributed by atoms with E-state index in [-0.39, 0.29) is 0 Å². The summed E-state index contributed by atoms with van der Waals surface area (Å²) >= 11 is 0. The van der Waals surface area contributed by atoms with Gasteiger partial charge in [-0.2, -0.15) is 0 Å². The van der Waals surface area contributed by atoms with Crippen molar-refractivity contribution in [3.8, 4) is 0 Å². The van der Waals surface area contributed by atoms with Gasteiger partial charge in [0.2, 0.25) is 0 Å². The minimum absolute atomic E-state index is 0.740. The standard InChI is InChI=1S/C10H13N3O/c1-11-7-9-3-2-6-13(9)8-10-4-5-12-14-10/h2-6,11H,7-8H2,1H3. The van der Waals surface area contributed by atoms with Gasteiger partial charge in [0, 0.05) is 24.5 Å². The van der Waals surface area contributed by atoms with Crippen LogP contribution >= 0.6 is 0 Å². The van der Waals surface area contributed by atoms with Crippen molar-refractivity contribution in [2.75, 3.05) is 7.05 Å². The number of rotatable bonds is 4. The van der Waals surface area contributed by atoms with Crippen LogP contribution in [-0.2, 0) is 13.1 Å². The lowest BCUT2D eigenvalue weighted by Crippen LogP contribution is -2.11. The molecule has 2 rings (SSSR count). The molecule has 4 nitrogen and oxygen atoms in total. The van der Waals surface area contributed by atoms with E-state index in [9.17, 15) is 0 Å². The molecule has 0 aliphatic carbocycles. The van der Waals surface area contributed by atoms with Crippen molar-refractivity contribution in [1.82, 2.24) is 15.0 Å². The molecule has 0 atom stereocenters. The number of nitrogens with zero attached hydrogens (tertiary/aromatic N) is 2. The largest absolute Gasteiger partial charge is 0.359 e. The second-order valence-electron chi connectivity index (χ2n) is 3.14. The molecule has 0 bridgehead atoms. The smallest absolute Gasteiger partial charge is 0.156 e. The van der Waals surface area contributed by atoms with E-state index >= 15 is 0 Å². The third-order valence-electron chi connectivity index (χ3n) is 2.10. The molecule has 0 radical (unpaired) electrons. The quantitative estimate of drug-likeness (QED) is 0.790. The van der Waals surface area contributed by atoms with Crippen molar-refractivity contribution in [3.63, 3.8) is 0 Å². The Kier molecular flexibility index (Phi) is 2.65. The molecule has 0 aliphatic heterocycles. The predicted molar refractivity (Wildman–Crippen MR) is 52.8 cm³/mol. The second-order valence-corrected chi connectivity index (χ2v) is 3.14. The third-order valence-corrected chi connectivity index (χ3v) is 2.10. The minimum atomic E-state index is 0.740. The zero-order valence-electron chi connectivity index (χ0n) is 8.10. The molecule has 0 fully saturated rings. The summed E-state index contributed by atoms with van der Waals surface area (Å²) in [4.78, 5) is 0. The lowest BCUT2D eigenvalue weighted by Gasteiger charge is -2.05. The van der Waals surface area contributed by atoms with Crippen LogP contribution in [0.3, 0.4) is 0 Å². The zero-order valence-corrected chi connectivity index (χ0v) is 8.10. The van der Waals surface area contributed by atoms with E-state index < -0.39 is 0 Å². The monoisotopic (exact) mass is 191 g/mol. The summed E-state index contributed by atoms with van der Waals surface area (Å²) in [7, 11) is 1.94. The predicted octanol–water partition coefficient (Wildman–Crippen LogP) is 1.24. The van der Waals surface area contributed by atoms with Crippen molar-refractivity contribution in [2.24, 2.45) is 0 Å². The van der Waals surface area contributed by atoms with E-state index in [0.717, 1.165) is 18.8 Å². The fourth-order valence-corrected chi connectivity index (χ4v) is 1.44. The third kappa shape index (κ3) is 1.85. The highest BCUT2D eigenvalue weighted by atomic mass is 16.5. The fraction of sp³-hybridized carbons (Fsp3) is 0.300. The van der Waals surface area contributed by atoms with Gasteiger partial charge in [0.15, 0.2) is 5.76 Å². The summed E-state index contributed by atoms with van der Waals surface area (Å²) < 4.78 is 7.18. The van der Waals surface area contributed by atoms with Crippen molar-refractivity contribution < 1.29 is 4.52 Å². The Balaban J connectivity index is 2.12. The molecule has 1 N–H and O–H groups in total. The molecule has 4 heteroatoms. The van der Waals surface area contributed by atoms with Crippen LogP contribution in [0.25, 0.3) is 0 Å². The normalized spacial score (nSPS) is 10.6. The van der Waals surface area contributed by atoms with Gasteiger partial charge < -0.3 is 14.4 Å². The molecule has 0 unspecified atom stereocenters. The van der Waals surface area contributed by atoms with E-state index in [1.165, 1.54) is 5.69 Å². The molecule has 2 aromatic rings. The highest BCUT2D eigenvalue weighted by Gasteiger charge is 2.02. The summed E-state index contributed by atoms with van der Waals surface area (Å²) in [5, 5.41) is 6.80. The zero-order chi connectivity index (χ0) is 9.80. The van der Waals surface area contributed by atoms with E-state index in [4.69, 9.17) is 4.52 Å². The lowest BCUT2D eigenvalue weighted by atomic mass is 10.4. The Morgan fingerprint density at radius 2 is 2.43 bits per heavy atom. The van der Waals surface area contributed by atoms with Gasteiger partial charge in [-0.3, -0.25) is 0 Å². The van der Waals surface area contributed by atoms with Gasteiger partial charge in [0.1, 0.15) is 0 Å². The average molecular weight is 191 g/mol. The SMILES string of the molecule is CNCc1cccn1Cc1ccno1. The van der Waals surface area contributed by atoms with Crippen molar-refractivity contribution in [2.45, 2.75) is 13.1 Å². The minimum Gasteiger partial charge on any atom is -0.359 e. The number of nitrogens with one attached hydrogen (secondary N) is 1. The van der Waals surface area contributed by atoms with E-state index in [2.05, 4.69) is 21.1 Å². The number of hydrogen-bond donors (Lipinski definition) is 1. The Labute approximate surface area is 82.5 Å². The first kappa shape index (κ1) is 9.02. The van der Waals surface area contributed by atoms with Gasteiger partial charge in [0.05, 0.1) is 12.7 Å². The van der Waals surface area contributed by atoms with Gasteiger partial charge >= 0.3 is 0 Å².